The third-order valence-corrected chi connectivity index (χ3v) is 6.77. The van der Waals surface area contributed by atoms with Gasteiger partial charge in [0, 0.05) is 36.2 Å². The molecule has 184 valence electrons. The van der Waals surface area contributed by atoms with Gasteiger partial charge < -0.3 is 9.47 Å². The van der Waals surface area contributed by atoms with Gasteiger partial charge in [0.15, 0.2) is 23.3 Å². The Morgan fingerprint density at radius 2 is 1.92 bits per heavy atom. The van der Waals surface area contributed by atoms with Gasteiger partial charge in [0.2, 0.25) is 0 Å². The molecule has 36 heavy (non-hydrogen) atoms. The van der Waals surface area contributed by atoms with Crippen molar-refractivity contribution in [2.75, 3.05) is 6.61 Å². The van der Waals surface area contributed by atoms with E-state index in [0.717, 1.165) is 27.8 Å². The van der Waals surface area contributed by atoms with E-state index in [1.54, 1.807) is 12.3 Å². The highest BCUT2D eigenvalue weighted by Gasteiger charge is 2.29. The predicted molar refractivity (Wildman–Crippen MR) is 123 cm³/mol. The molecule has 4 aromatic rings. The zero-order valence-corrected chi connectivity index (χ0v) is 19.3. The fraction of sp³-hybridized carbons (Fsp3) is 0.308. The van der Waals surface area contributed by atoms with Crippen LogP contribution in [0.15, 0.2) is 41.3 Å². The molecule has 0 saturated carbocycles. The number of rotatable bonds is 3. The molecule has 1 saturated heterocycles. The summed E-state index contributed by atoms with van der Waals surface area (Å²) in [6.45, 7) is 2.63. The molecule has 7 nitrogen and oxygen atoms in total. The summed E-state index contributed by atoms with van der Waals surface area (Å²) in [7, 11) is 0. The summed E-state index contributed by atoms with van der Waals surface area (Å²) in [4.78, 5) is 26.8. The summed E-state index contributed by atoms with van der Waals surface area (Å²) < 4.78 is 55.4. The monoisotopic (exact) mass is 494 g/mol. The molecule has 0 amide bonds. The highest BCUT2D eigenvalue weighted by atomic mass is 19.2. The highest BCUT2D eigenvalue weighted by molar-refractivity contribution is 5.62. The molecule has 0 unspecified atom stereocenters. The topological polar surface area (TPSA) is 78.6 Å². The highest BCUT2D eigenvalue weighted by Crippen LogP contribution is 2.38. The van der Waals surface area contributed by atoms with Crippen molar-refractivity contribution < 1.29 is 22.6 Å². The Labute approximate surface area is 203 Å². The molecular weight excluding hydrogens is 473 g/mol. The van der Waals surface area contributed by atoms with E-state index in [4.69, 9.17) is 9.47 Å². The van der Waals surface area contributed by atoms with Crippen molar-refractivity contribution in [3.63, 3.8) is 0 Å². The Morgan fingerprint density at radius 3 is 2.75 bits per heavy atom. The van der Waals surface area contributed by atoms with Crippen LogP contribution < -0.4 is 5.56 Å². The van der Waals surface area contributed by atoms with Gasteiger partial charge >= 0.3 is 0 Å². The van der Waals surface area contributed by atoms with Gasteiger partial charge in [-0.3, -0.25) is 9.78 Å². The number of fused-ring (bicyclic) bond motifs is 2. The van der Waals surface area contributed by atoms with E-state index in [1.807, 2.05) is 19.1 Å². The van der Waals surface area contributed by atoms with Crippen LogP contribution >= 0.6 is 0 Å². The third-order valence-electron chi connectivity index (χ3n) is 6.77. The molecule has 1 fully saturated rings. The maximum absolute atomic E-state index is 14.9. The van der Waals surface area contributed by atoms with Crippen LogP contribution in [0.5, 0.6) is 0 Å². The minimum Gasteiger partial charge on any atom is -0.373 e. The van der Waals surface area contributed by atoms with E-state index in [9.17, 15) is 18.0 Å². The van der Waals surface area contributed by atoms with Gasteiger partial charge in [-0.05, 0) is 49.6 Å². The van der Waals surface area contributed by atoms with Gasteiger partial charge in [-0.1, -0.05) is 0 Å². The van der Waals surface area contributed by atoms with Crippen molar-refractivity contribution in [1.29, 1.82) is 0 Å². The van der Waals surface area contributed by atoms with Gasteiger partial charge in [-0.2, -0.15) is 0 Å². The number of halogens is 3. The lowest BCUT2D eigenvalue weighted by Crippen LogP contribution is -2.25. The molecular formula is C26H21F3N4O3. The predicted octanol–water partition coefficient (Wildman–Crippen LogP) is 4.54. The van der Waals surface area contributed by atoms with E-state index < -0.39 is 23.0 Å². The van der Waals surface area contributed by atoms with Gasteiger partial charge in [-0.15, -0.1) is 0 Å². The largest absolute Gasteiger partial charge is 0.373 e. The lowest BCUT2D eigenvalue weighted by molar-refractivity contribution is 0.00457. The van der Waals surface area contributed by atoms with E-state index in [2.05, 4.69) is 15.0 Å². The Morgan fingerprint density at radius 1 is 1.06 bits per heavy atom. The average molecular weight is 494 g/mol. The number of hydrogen-bond donors (Lipinski definition) is 0. The van der Waals surface area contributed by atoms with E-state index in [0.29, 0.717) is 36.4 Å². The molecule has 0 bridgehead atoms. The lowest BCUT2D eigenvalue weighted by atomic mass is 9.89. The van der Waals surface area contributed by atoms with Crippen LogP contribution in [0.2, 0.25) is 0 Å². The quantitative estimate of drug-likeness (QED) is 0.389. The number of aryl methyl sites for hydroxylation is 1. The van der Waals surface area contributed by atoms with Crippen LogP contribution in [0, 0.1) is 24.4 Å². The third kappa shape index (κ3) is 3.77. The van der Waals surface area contributed by atoms with Gasteiger partial charge in [-0.25, -0.2) is 27.5 Å². The SMILES string of the molecule is Cc1cc([C@H]2C[C@@H](c3cc4nc5c(c(=O)n4c(-c4ccc(F)c(F)c4F)n3)COC5)CCO2)ccn1. The van der Waals surface area contributed by atoms with Crippen LogP contribution in [0.3, 0.4) is 0 Å². The summed E-state index contributed by atoms with van der Waals surface area (Å²) in [6, 6.07) is 7.47. The molecule has 5 heterocycles. The number of benzene rings is 1. The molecule has 2 aliphatic heterocycles. The van der Waals surface area contributed by atoms with Crippen LogP contribution in [0.1, 0.15) is 53.1 Å². The summed E-state index contributed by atoms with van der Waals surface area (Å²) in [5.74, 6) is -4.60. The Balaban J connectivity index is 1.52. The normalized spacial score (nSPS) is 19.6. The Kier molecular flexibility index (Phi) is 5.57. The number of aromatic nitrogens is 4. The zero-order valence-electron chi connectivity index (χ0n) is 19.3. The fourth-order valence-electron chi connectivity index (χ4n) is 4.92. The van der Waals surface area contributed by atoms with E-state index in [1.165, 1.54) is 0 Å². The molecule has 0 aliphatic carbocycles. The second kappa shape index (κ2) is 8.79. The molecule has 3 aromatic heterocycles. The molecule has 2 atom stereocenters. The van der Waals surface area contributed by atoms with Crippen molar-refractivity contribution in [1.82, 2.24) is 19.4 Å². The lowest BCUT2D eigenvalue weighted by Gasteiger charge is -2.30. The Hall–Kier alpha value is -3.63. The summed E-state index contributed by atoms with van der Waals surface area (Å²) >= 11 is 0. The Bertz CT molecular complexity index is 1570. The van der Waals surface area contributed by atoms with Crippen LogP contribution in [0.4, 0.5) is 13.2 Å². The average Bonchev–Trinajstić information content (AvgIpc) is 3.36. The smallest absolute Gasteiger partial charge is 0.265 e. The first-order valence-corrected chi connectivity index (χ1v) is 11.6. The van der Waals surface area contributed by atoms with Gasteiger partial charge in [0.05, 0.1) is 36.1 Å². The first-order valence-electron chi connectivity index (χ1n) is 11.6. The summed E-state index contributed by atoms with van der Waals surface area (Å²) in [5.41, 5.74) is 2.73. The maximum Gasteiger partial charge on any atom is 0.265 e. The zero-order chi connectivity index (χ0) is 25.0. The van der Waals surface area contributed by atoms with Crippen LogP contribution in [-0.4, -0.2) is 26.0 Å². The minimum atomic E-state index is -1.63. The maximum atomic E-state index is 14.9. The molecule has 10 heteroatoms. The summed E-state index contributed by atoms with van der Waals surface area (Å²) in [6.07, 6.45) is 2.76. The number of hydrogen-bond acceptors (Lipinski definition) is 6. The standard InChI is InChI=1S/C26H21F3N4O3/c1-13-8-15(4-6-30-13)21-9-14(5-7-36-21)19-10-22-31-20-12-35-11-17(20)26(34)33(22)25(32-19)16-2-3-18(27)24(29)23(16)28/h2-4,6,8,10,14,21H,5,7,9,11-12H2,1H3/t14-,21+/m0/s1. The molecule has 0 N–H and O–H groups in total. The van der Waals surface area contributed by atoms with Gasteiger partial charge in [0.25, 0.3) is 5.56 Å². The molecule has 2 aliphatic rings. The van der Waals surface area contributed by atoms with Crippen LogP contribution in [-0.2, 0) is 22.7 Å². The van der Waals surface area contributed by atoms with Crippen LogP contribution in [0.25, 0.3) is 17.0 Å². The van der Waals surface area contributed by atoms with Crippen molar-refractivity contribution in [2.24, 2.45) is 0 Å². The summed E-state index contributed by atoms with van der Waals surface area (Å²) in [5, 5.41) is 0. The van der Waals surface area contributed by atoms with E-state index >= 15 is 0 Å². The van der Waals surface area contributed by atoms with Gasteiger partial charge in [0.1, 0.15) is 5.65 Å². The van der Waals surface area contributed by atoms with Crippen molar-refractivity contribution in [2.45, 2.75) is 45.0 Å². The second-order valence-electron chi connectivity index (χ2n) is 9.07. The number of pyridine rings is 1. The fourth-order valence-corrected chi connectivity index (χ4v) is 4.92. The van der Waals surface area contributed by atoms with Crippen molar-refractivity contribution >= 4 is 5.65 Å². The second-order valence-corrected chi connectivity index (χ2v) is 9.07. The number of ether oxygens (including phenoxy) is 2. The molecule has 0 radical (unpaired) electrons. The van der Waals surface area contributed by atoms with Crippen molar-refractivity contribution in [3.8, 4) is 11.4 Å². The van der Waals surface area contributed by atoms with E-state index in [-0.39, 0.29) is 42.3 Å². The molecule has 1 aromatic carbocycles. The van der Waals surface area contributed by atoms with Crippen molar-refractivity contribution in [3.05, 3.63) is 92.5 Å². The molecule has 6 rings (SSSR count). The minimum absolute atomic E-state index is 0.0680. The number of nitrogens with zero attached hydrogens (tertiary/aromatic N) is 4. The first kappa shape index (κ1) is 22.8. The molecule has 0 spiro atoms. The first-order chi connectivity index (χ1) is 17.4.